The number of hydrogen-bond acceptors (Lipinski definition) is 4. The standard InChI is InChI=1S/C20H30N4OS.HI/c1-5-21-19(23-15-20(2,25)18-10-7-11-26-18)22-13-16-8-6-9-17(12-16)14-24(3)4;/h6-12,25H,5,13-15H2,1-4H3,(H2,21,22,23);1H. The summed E-state index contributed by atoms with van der Waals surface area (Å²) in [6.07, 6.45) is 0. The van der Waals surface area contributed by atoms with Gasteiger partial charge in [-0.25, -0.2) is 4.99 Å². The van der Waals surface area contributed by atoms with Gasteiger partial charge in [-0.1, -0.05) is 30.3 Å². The molecule has 1 aromatic heterocycles. The van der Waals surface area contributed by atoms with E-state index >= 15 is 0 Å². The summed E-state index contributed by atoms with van der Waals surface area (Å²) < 4.78 is 0. The number of nitrogens with zero attached hydrogens (tertiary/aromatic N) is 2. The van der Waals surface area contributed by atoms with Crippen LogP contribution in [0.5, 0.6) is 0 Å². The Hall–Kier alpha value is -1.16. The summed E-state index contributed by atoms with van der Waals surface area (Å²) in [5.41, 5.74) is 1.53. The van der Waals surface area contributed by atoms with Crippen molar-refractivity contribution in [2.24, 2.45) is 4.99 Å². The van der Waals surface area contributed by atoms with Gasteiger partial charge in [-0.3, -0.25) is 0 Å². The fourth-order valence-corrected chi connectivity index (χ4v) is 3.42. The number of halogens is 1. The van der Waals surface area contributed by atoms with Crippen molar-refractivity contribution in [3.8, 4) is 0 Å². The summed E-state index contributed by atoms with van der Waals surface area (Å²) in [4.78, 5) is 7.76. The van der Waals surface area contributed by atoms with Gasteiger partial charge < -0.3 is 20.6 Å². The topological polar surface area (TPSA) is 59.9 Å². The molecule has 5 nitrogen and oxygen atoms in total. The van der Waals surface area contributed by atoms with Crippen molar-refractivity contribution in [2.75, 3.05) is 27.2 Å². The Morgan fingerprint density at radius 1 is 1.19 bits per heavy atom. The second-order valence-corrected chi connectivity index (χ2v) is 7.81. The normalized spacial score (nSPS) is 13.8. The zero-order valence-electron chi connectivity index (χ0n) is 16.5. The molecule has 1 aromatic carbocycles. The molecule has 0 saturated heterocycles. The van der Waals surface area contributed by atoms with Gasteiger partial charge >= 0.3 is 0 Å². The van der Waals surface area contributed by atoms with E-state index in [2.05, 4.69) is 58.9 Å². The zero-order valence-corrected chi connectivity index (χ0v) is 19.7. The number of benzene rings is 1. The molecule has 0 radical (unpaired) electrons. The predicted molar refractivity (Wildman–Crippen MR) is 126 cm³/mol. The molecule has 3 N–H and O–H groups in total. The van der Waals surface area contributed by atoms with Crippen LogP contribution in [0.2, 0.25) is 0 Å². The monoisotopic (exact) mass is 502 g/mol. The highest BCUT2D eigenvalue weighted by atomic mass is 127. The summed E-state index contributed by atoms with van der Waals surface area (Å²) >= 11 is 1.56. The molecule has 2 aromatic rings. The number of thiophene rings is 1. The van der Waals surface area contributed by atoms with Gasteiger partial charge in [0, 0.05) is 18.0 Å². The number of guanidine groups is 1. The summed E-state index contributed by atoms with van der Waals surface area (Å²) in [6, 6.07) is 12.4. The first-order valence-corrected chi connectivity index (χ1v) is 9.80. The maximum Gasteiger partial charge on any atom is 0.191 e. The van der Waals surface area contributed by atoms with Crippen LogP contribution in [0.4, 0.5) is 0 Å². The molecule has 0 amide bonds. The van der Waals surface area contributed by atoms with Crippen molar-refractivity contribution >= 4 is 41.3 Å². The van der Waals surface area contributed by atoms with E-state index in [9.17, 15) is 5.11 Å². The van der Waals surface area contributed by atoms with E-state index in [1.54, 1.807) is 11.3 Å². The van der Waals surface area contributed by atoms with Crippen LogP contribution in [0.3, 0.4) is 0 Å². The lowest BCUT2D eigenvalue weighted by molar-refractivity contribution is 0.0655. The quantitative estimate of drug-likeness (QED) is 0.294. The second-order valence-electron chi connectivity index (χ2n) is 6.86. The van der Waals surface area contributed by atoms with Crippen molar-refractivity contribution in [3.63, 3.8) is 0 Å². The van der Waals surface area contributed by atoms with Crippen LogP contribution < -0.4 is 10.6 Å². The first-order chi connectivity index (χ1) is 12.4. The average molecular weight is 502 g/mol. The van der Waals surface area contributed by atoms with Crippen LogP contribution in [0.25, 0.3) is 0 Å². The van der Waals surface area contributed by atoms with Crippen LogP contribution in [0.15, 0.2) is 46.8 Å². The van der Waals surface area contributed by atoms with Crippen molar-refractivity contribution in [2.45, 2.75) is 32.5 Å². The Labute approximate surface area is 183 Å². The minimum Gasteiger partial charge on any atom is -0.383 e. The molecule has 0 fully saturated rings. The van der Waals surface area contributed by atoms with E-state index in [0.717, 1.165) is 18.0 Å². The number of aliphatic imine (C=N–C) groups is 1. The van der Waals surface area contributed by atoms with E-state index in [1.165, 1.54) is 11.1 Å². The van der Waals surface area contributed by atoms with Crippen molar-refractivity contribution < 1.29 is 5.11 Å². The van der Waals surface area contributed by atoms with Crippen LogP contribution in [-0.2, 0) is 18.7 Å². The molecule has 150 valence electrons. The van der Waals surface area contributed by atoms with Gasteiger partial charge in [0.2, 0.25) is 0 Å². The molecular formula is C20H31IN4OS. The van der Waals surface area contributed by atoms with Crippen molar-refractivity contribution in [3.05, 3.63) is 57.8 Å². The smallest absolute Gasteiger partial charge is 0.191 e. The molecule has 1 atom stereocenters. The Morgan fingerprint density at radius 2 is 1.93 bits per heavy atom. The third-order valence-electron chi connectivity index (χ3n) is 3.91. The number of nitrogens with one attached hydrogen (secondary N) is 2. The molecule has 0 saturated carbocycles. The summed E-state index contributed by atoms with van der Waals surface area (Å²) in [5.74, 6) is 0.711. The van der Waals surface area contributed by atoms with Crippen LogP contribution in [-0.4, -0.2) is 43.2 Å². The maximum absolute atomic E-state index is 10.7. The molecule has 0 aliphatic heterocycles. The van der Waals surface area contributed by atoms with Gasteiger partial charge in [0.05, 0.1) is 13.1 Å². The van der Waals surface area contributed by atoms with E-state index in [4.69, 9.17) is 0 Å². The van der Waals surface area contributed by atoms with Crippen LogP contribution in [0.1, 0.15) is 29.9 Å². The Kier molecular flexibility index (Phi) is 10.3. The second kappa shape index (κ2) is 11.6. The zero-order chi connectivity index (χ0) is 19.0. The van der Waals surface area contributed by atoms with Crippen molar-refractivity contribution in [1.29, 1.82) is 0 Å². The Balaban J connectivity index is 0.00000364. The number of aliphatic hydroxyl groups is 1. The fourth-order valence-electron chi connectivity index (χ4n) is 2.63. The molecule has 0 aliphatic carbocycles. The van der Waals surface area contributed by atoms with Gasteiger partial charge in [0.25, 0.3) is 0 Å². The molecule has 1 unspecified atom stereocenters. The molecule has 0 spiro atoms. The molecule has 27 heavy (non-hydrogen) atoms. The largest absolute Gasteiger partial charge is 0.383 e. The molecule has 1 heterocycles. The lowest BCUT2D eigenvalue weighted by atomic mass is 10.1. The minimum absolute atomic E-state index is 0. The Morgan fingerprint density at radius 3 is 2.56 bits per heavy atom. The summed E-state index contributed by atoms with van der Waals surface area (Å²) in [6.45, 7) is 6.54. The third-order valence-corrected chi connectivity index (χ3v) is 5.03. The number of hydrogen-bond donors (Lipinski definition) is 3. The minimum atomic E-state index is -0.921. The Bertz CT molecular complexity index is 702. The first kappa shape index (κ1) is 23.9. The van der Waals surface area contributed by atoms with Crippen molar-refractivity contribution in [1.82, 2.24) is 15.5 Å². The molecule has 7 heteroatoms. The van der Waals surface area contributed by atoms with E-state index in [1.807, 2.05) is 31.4 Å². The highest BCUT2D eigenvalue weighted by Gasteiger charge is 2.24. The maximum atomic E-state index is 10.7. The van der Waals surface area contributed by atoms with E-state index in [-0.39, 0.29) is 24.0 Å². The third kappa shape index (κ3) is 8.16. The van der Waals surface area contributed by atoms with Gasteiger partial charge in [-0.15, -0.1) is 35.3 Å². The predicted octanol–water partition coefficient (Wildman–Crippen LogP) is 3.39. The van der Waals surface area contributed by atoms with Gasteiger partial charge in [0.15, 0.2) is 5.96 Å². The van der Waals surface area contributed by atoms with Gasteiger partial charge in [-0.2, -0.15) is 0 Å². The van der Waals surface area contributed by atoms with Gasteiger partial charge in [0.1, 0.15) is 5.60 Å². The molecule has 0 bridgehead atoms. The molecule has 0 aliphatic rings. The lowest BCUT2D eigenvalue weighted by Gasteiger charge is -2.23. The highest BCUT2D eigenvalue weighted by Crippen LogP contribution is 2.24. The van der Waals surface area contributed by atoms with Crippen LogP contribution >= 0.6 is 35.3 Å². The highest BCUT2D eigenvalue weighted by molar-refractivity contribution is 14.0. The summed E-state index contributed by atoms with van der Waals surface area (Å²) in [7, 11) is 4.13. The molecular weight excluding hydrogens is 471 g/mol. The first-order valence-electron chi connectivity index (χ1n) is 8.92. The average Bonchev–Trinajstić information content (AvgIpc) is 3.13. The van der Waals surface area contributed by atoms with Crippen LogP contribution in [0, 0.1) is 0 Å². The SMILES string of the molecule is CCNC(=NCc1cccc(CN(C)C)c1)NCC(C)(O)c1cccs1.I. The summed E-state index contributed by atoms with van der Waals surface area (Å²) in [5, 5.41) is 19.1. The number of rotatable bonds is 8. The molecule has 2 rings (SSSR count). The van der Waals surface area contributed by atoms with E-state index < -0.39 is 5.60 Å². The fraction of sp³-hybridized carbons (Fsp3) is 0.450. The lowest BCUT2D eigenvalue weighted by Crippen LogP contribution is -2.44. The van der Waals surface area contributed by atoms with Gasteiger partial charge in [-0.05, 0) is 50.5 Å². The van der Waals surface area contributed by atoms with E-state index in [0.29, 0.717) is 19.0 Å².